The lowest BCUT2D eigenvalue weighted by molar-refractivity contribution is -0.115. The molecule has 0 bridgehead atoms. The Balaban J connectivity index is 1.77. The summed E-state index contributed by atoms with van der Waals surface area (Å²) in [6.07, 6.45) is 1.59. The number of halogens is 1. The summed E-state index contributed by atoms with van der Waals surface area (Å²) in [4.78, 5) is 12.8. The van der Waals surface area contributed by atoms with Gasteiger partial charge in [-0.3, -0.25) is 4.79 Å². The molecule has 6 nitrogen and oxygen atoms in total. The maximum atomic E-state index is 13.3. The Morgan fingerprint density at radius 1 is 1.23 bits per heavy atom. The molecule has 2 heterocycles. The van der Waals surface area contributed by atoms with Crippen molar-refractivity contribution in [3.63, 3.8) is 0 Å². The smallest absolute Gasteiger partial charge is 0.239 e. The number of hydrogen-bond donors (Lipinski definition) is 2. The number of anilines is 1. The van der Waals surface area contributed by atoms with Crippen LogP contribution in [0.4, 0.5) is 10.2 Å². The molecule has 0 saturated heterocycles. The highest BCUT2D eigenvalue weighted by atomic mass is 19.1. The lowest BCUT2D eigenvalue weighted by Gasteiger charge is -2.23. The zero-order valence-corrected chi connectivity index (χ0v) is 18.2. The van der Waals surface area contributed by atoms with E-state index in [1.54, 1.807) is 24.5 Å². The number of aromatic nitrogens is 1. The van der Waals surface area contributed by atoms with Crippen molar-refractivity contribution in [2.45, 2.75) is 40.3 Å². The maximum Gasteiger partial charge on any atom is 0.239 e. The van der Waals surface area contributed by atoms with Crippen LogP contribution in [-0.2, 0) is 11.3 Å². The molecule has 0 aliphatic heterocycles. The number of furan rings is 1. The monoisotopic (exact) mass is 422 g/mol. The second-order valence-electron chi connectivity index (χ2n) is 7.91. The number of benzene rings is 1. The van der Waals surface area contributed by atoms with Crippen LogP contribution in [0, 0.1) is 36.9 Å². The summed E-state index contributed by atoms with van der Waals surface area (Å²) < 4.78 is 20.6. The van der Waals surface area contributed by atoms with Gasteiger partial charge in [0.15, 0.2) is 0 Å². The van der Waals surface area contributed by atoms with E-state index in [2.05, 4.69) is 16.7 Å². The van der Waals surface area contributed by atoms with Gasteiger partial charge in [-0.1, -0.05) is 26.0 Å². The van der Waals surface area contributed by atoms with E-state index < -0.39 is 0 Å². The van der Waals surface area contributed by atoms with E-state index in [4.69, 9.17) is 4.42 Å². The van der Waals surface area contributed by atoms with E-state index in [0.29, 0.717) is 17.9 Å². The molecule has 0 radical (unpaired) electrons. The number of amides is 1. The molecule has 1 atom stereocenters. The predicted octanol–water partition coefficient (Wildman–Crippen LogP) is 4.68. The number of carbonyl (C=O) groups excluding carboxylic acids is 1. The quantitative estimate of drug-likeness (QED) is 0.552. The predicted molar refractivity (Wildman–Crippen MR) is 117 cm³/mol. The second kappa shape index (κ2) is 9.63. The molecule has 162 valence electrons. The molecule has 1 amide bonds. The Morgan fingerprint density at radius 3 is 2.52 bits per heavy atom. The summed E-state index contributed by atoms with van der Waals surface area (Å²) in [6, 6.07) is 12.0. The van der Waals surface area contributed by atoms with E-state index in [1.165, 1.54) is 12.1 Å². The lowest BCUT2D eigenvalue weighted by atomic mass is 9.96. The topological polar surface area (TPSA) is 83.0 Å². The fourth-order valence-electron chi connectivity index (χ4n) is 3.67. The number of hydrogen-bond acceptors (Lipinski definition) is 4. The summed E-state index contributed by atoms with van der Waals surface area (Å²) in [5, 5.41) is 15.8. The van der Waals surface area contributed by atoms with Crippen molar-refractivity contribution in [3.8, 4) is 6.07 Å². The SMILES string of the molecule is Cc1c(C#N)c(NC(=O)CN[C@@H](c2ccc(F)cc2)C(C)C)n(Cc2ccco2)c1C. The molecule has 3 aromatic rings. The molecule has 0 aliphatic carbocycles. The minimum Gasteiger partial charge on any atom is -0.467 e. The largest absolute Gasteiger partial charge is 0.467 e. The third-order valence-electron chi connectivity index (χ3n) is 5.47. The maximum absolute atomic E-state index is 13.3. The van der Waals surface area contributed by atoms with Crippen molar-refractivity contribution in [2.24, 2.45) is 5.92 Å². The molecule has 0 spiro atoms. The molecule has 0 saturated carbocycles. The van der Waals surface area contributed by atoms with Gasteiger partial charge in [0.2, 0.25) is 5.91 Å². The van der Waals surface area contributed by atoms with Gasteiger partial charge >= 0.3 is 0 Å². The fraction of sp³-hybridized carbons (Fsp3) is 0.333. The first-order valence-electron chi connectivity index (χ1n) is 10.2. The number of rotatable bonds is 8. The average Bonchev–Trinajstić information content (AvgIpc) is 3.32. The Labute approximate surface area is 181 Å². The zero-order chi connectivity index (χ0) is 22.5. The highest BCUT2D eigenvalue weighted by Gasteiger charge is 2.22. The Hall–Kier alpha value is -3.37. The minimum atomic E-state index is -0.295. The minimum absolute atomic E-state index is 0.0507. The van der Waals surface area contributed by atoms with Crippen molar-refractivity contribution in [3.05, 3.63) is 76.6 Å². The summed E-state index contributed by atoms with van der Waals surface area (Å²) in [5.41, 5.74) is 3.07. The van der Waals surface area contributed by atoms with Gasteiger partial charge in [0.1, 0.15) is 23.5 Å². The van der Waals surface area contributed by atoms with E-state index in [9.17, 15) is 14.4 Å². The van der Waals surface area contributed by atoms with E-state index in [1.807, 2.05) is 38.3 Å². The highest BCUT2D eigenvalue weighted by molar-refractivity contribution is 5.93. The summed E-state index contributed by atoms with van der Waals surface area (Å²) in [5.74, 6) is 0.828. The van der Waals surface area contributed by atoms with Crippen LogP contribution in [-0.4, -0.2) is 17.0 Å². The van der Waals surface area contributed by atoms with Gasteiger partial charge in [0.25, 0.3) is 0 Å². The lowest BCUT2D eigenvalue weighted by Crippen LogP contribution is -2.34. The fourth-order valence-corrected chi connectivity index (χ4v) is 3.67. The second-order valence-corrected chi connectivity index (χ2v) is 7.91. The molecule has 0 fully saturated rings. The Kier molecular flexibility index (Phi) is 6.93. The first kappa shape index (κ1) is 22.3. The van der Waals surface area contributed by atoms with E-state index in [0.717, 1.165) is 22.6 Å². The van der Waals surface area contributed by atoms with Crippen molar-refractivity contribution in [2.75, 3.05) is 11.9 Å². The van der Waals surface area contributed by atoms with E-state index >= 15 is 0 Å². The van der Waals surface area contributed by atoms with Gasteiger partial charge < -0.3 is 19.6 Å². The number of carbonyl (C=O) groups is 1. The molecule has 0 unspecified atom stereocenters. The van der Waals surface area contributed by atoms with Crippen molar-refractivity contribution in [1.29, 1.82) is 5.26 Å². The first-order valence-corrected chi connectivity index (χ1v) is 10.2. The standard InChI is InChI=1S/C24H27FN4O2/c1-15(2)23(18-7-9-19(25)10-8-18)27-13-22(30)28-24-21(12-26)16(3)17(4)29(24)14-20-6-5-11-31-20/h5-11,15,23,27H,13-14H2,1-4H3,(H,28,30)/t23-/m1/s1. The van der Waals surface area contributed by atoms with Gasteiger partial charge in [-0.15, -0.1) is 0 Å². The number of nitriles is 1. The van der Waals surface area contributed by atoms with Crippen LogP contribution in [0.5, 0.6) is 0 Å². The van der Waals surface area contributed by atoms with Crippen LogP contribution in [0.15, 0.2) is 47.1 Å². The number of nitrogens with one attached hydrogen (secondary N) is 2. The van der Waals surface area contributed by atoms with E-state index in [-0.39, 0.29) is 30.2 Å². The van der Waals surface area contributed by atoms with Crippen LogP contribution >= 0.6 is 0 Å². The molecule has 31 heavy (non-hydrogen) atoms. The molecular weight excluding hydrogens is 395 g/mol. The summed E-state index contributed by atoms with van der Waals surface area (Å²) in [6.45, 7) is 8.31. The van der Waals surface area contributed by atoms with Crippen LogP contribution in [0.3, 0.4) is 0 Å². The average molecular weight is 423 g/mol. The third kappa shape index (κ3) is 5.04. The molecule has 3 rings (SSSR count). The summed E-state index contributed by atoms with van der Waals surface area (Å²) in [7, 11) is 0. The van der Waals surface area contributed by atoms with Crippen molar-refractivity contribution >= 4 is 11.7 Å². The van der Waals surface area contributed by atoms with Crippen molar-refractivity contribution < 1.29 is 13.6 Å². The first-order chi connectivity index (χ1) is 14.8. The molecule has 0 aliphatic rings. The van der Waals surface area contributed by atoms with Gasteiger partial charge in [0, 0.05) is 11.7 Å². The molecular formula is C24H27FN4O2. The van der Waals surface area contributed by atoms with Crippen LogP contribution in [0.25, 0.3) is 0 Å². The third-order valence-corrected chi connectivity index (χ3v) is 5.47. The van der Waals surface area contributed by atoms with Crippen LogP contribution < -0.4 is 10.6 Å². The summed E-state index contributed by atoms with van der Waals surface area (Å²) >= 11 is 0. The molecule has 7 heteroatoms. The number of nitrogens with zero attached hydrogens (tertiary/aromatic N) is 2. The van der Waals surface area contributed by atoms with Gasteiger partial charge in [-0.25, -0.2) is 4.39 Å². The Bertz CT molecular complexity index is 1080. The highest BCUT2D eigenvalue weighted by Crippen LogP contribution is 2.27. The van der Waals surface area contributed by atoms with Crippen molar-refractivity contribution in [1.82, 2.24) is 9.88 Å². The van der Waals surface area contributed by atoms with Crippen LogP contribution in [0.1, 0.15) is 48.0 Å². The zero-order valence-electron chi connectivity index (χ0n) is 18.2. The molecule has 1 aromatic carbocycles. The van der Waals surface area contributed by atoms with Crippen LogP contribution in [0.2, 0.25) is 0 Å². The van der Waals surface area contributed by atoms with Gasteiger partial charge in [-0.2, -0.15) is 5.26 Å². The van der Waals surface area contributed by atoms with Gasteiger partial charge in [0.05, 0.1) is 24.9 Å². The molecule has 2 N–H and O–H groups in total. The molecule has 2 aromatic heterocycles. The Morgan fingerprint density at radius 2 is 1.94 bits per heavy atom. The normalized spacial score (nSPS) is 12.0. The van der Waals surface area contributed by atoms with Gasteiger partial charge in [-0.05, 0) is 55.2 Å².